The van der Waals surface area contributed by atoms with Gasteiger partial charge in [0.05, 0.1) is 30.8 Å². The van der Waals surface area contributed by atoms with Crippen LogP contribution >= 0.6 is 15.9 Å². The highest BCUT2D eigenvalue weighted by molar-refractivity contribution is 9.10. The molecule has 1 heterocycles. The second kappa shape index (κ2) is 5.07. The third-order valence-corrected chi connectivity index (χ3v) is 4.96. The van der Waals surface area contributed by atoms with Crippen molar-refractivity contribution in [1.82, 2.24) is 0 Å². The van der Waals surface area contributed by atoms with E-state index in [1.165, 1.54) is 0 Å². The minimum atomic E-state index is -3.15. The van der Waals surface area contributed by atoms with Crippen molar-refractivity contribution in [1.29, 1.82) is 0 Å². The quantitative estimate of drug-likeness (QED) is 0.862. The van der Waals surface area contributed by atoms with Gasteiger partial charge in [-0.2, -0.15) is 0 Å². The number of benzene rings is 1. The Hall–Kier alpha value is -0.790. The van der Waals surface area contributed by atoms with Crippen molar-refractivity contribution >= 4 is 31.5 Å². The van der Waals surface area contributed by atoms with Gasteiger partial charge in [0.25, 0.3) is 0 Å². The van der Waals surface area contributed by atoms with Crippen LogP contribution in [0.25, 0.3) is 0 Å². The first-order valence-electron chi connectivity index (χ1n) is 5.39. The van der Waals surface area contributed by atoms with Crippen LogP contribution in [0, 0.1) is 0 Å². The Kier molecular flexibility index (Phi) is 3.84. The molecule has 18 heavy (non-hydrogen) atoms. The van der Waals surface area contributed by atoms with E-state index in [2.05, 4.69) is 21.2 Å². The Morgan fingerprint density at radius 1 is 1.39 bits per heavy atom. The predicted octanol–water partition coefficient (Wildman–Crippen LogP) is 1.03. The zero-order chi connectivity index (χ0) is 13.3. The van der Waals surface area contributed by atoms with Gasteiger partial charge in [0.2, 0.25) is 0 Å². The molecule has 7 heteroatoms. The van der Waals surface area contributed by atoms with Crippen LogP contribution in [-0.2, 0) is 9.84 Å². The summed E-state index contributed by atoms with van der Waals surface area (Å²) >= 11 is 3.34. The second-order valence-corrected chi connectivity index (χ2v) is 7.34. The molecule has 0 aromatic heterocycles. The second-order valence-electron chi connectivity index (χ2n) is 4.27. The Labute approximate surface area is 114 Å². The average Bonchev–Trinajstić information content (AvgIpc) is 2.50. The van der Waals surface area contributed by atoms with Crippen LogP contribution < -0.4 is 10.1 Å². The van der Waals surface area contributed by atoms with E-state index in [9.17, 15) is 13.5 Å². The molecule has 1 aliphatic rings. The zero-order valence-electron chi connectivity index (χ0n) is 9.76. The molecule has 1 aromatic rings. The molecule has 0 bridgehead atoms. The molecular weight excluding hydrogens is 322 g/mol. The minimum Gasteiger partial charge on any atom is -0.497 e. The standard InChI is InChI=1S/C11H14BrNO4S/c1-17-9-3-7(12)2-8(4-9)13-10-5-18(15,16)6-11(10)14/h2-4,10-11,13-14H,5-6H2,1H3. The fourth-order valence-electron chi connectivity index (χ4n) is 1.94. The molecule has 1 fully saturated rings. The lowest BCUT2D eigenvalue weighted by molar-refractivity contribution is 0.190. The summed E-state index contributed by atoms with van der Waals surface area (Å²) in [5, 5.41) is 12.7. The summed E-state index contributed by atoms with van der Waals surface area (Å²) in [5.74, 6) is 0.418. The monoisotopic (exact) mass is 335 g/mol. The van der Waals surface area contributed by atoms with Crippen molar-refractivity contribution in [2.45, 2.75) is 12.1 Å². The maximum absolute atomic E-state index is 11.4. The van der Waals surface area contributed by atoms with E-state index in [0.29, 0.717) is 11.4 Å². The lowest BCUT2D eigenvalue weighted by Crippen LogP contribution is -2.31. The number of methoxy groups -OCH3 is 1. The summed E-state index contributed by atoms with van der Waals surface area (Å²) in [4.78, 5) is 0. The van der Waals surface area contributed by atoms with E-state index in [-0.39, 0.29) is 11.5 Å². The predicted molar refractivity (Wildman–Crippen MR) is 72.8 cm³/mol. The van der Waals surface area contributed by atoms with Crippen LogP contribution in [0.3, 0.4) is 0 Å². The maximum Gasteiger partial charge on any atom is 0.155 e. The number of sulfone groups is 1. The lowest BCUT2D eigenvalue weighted by atomic mass is 10.2. The van der Waals surface area contributed by atoms with Crippen molar-refractivity contribution in [3.63, 3.8) is 0 Å². The lowest BCUT2D eigenvalue weighted by Gasteiger charge is -2.17. The summed E-state index contributed by atoms with van der Waals surface area (Å²) in [7, 11) is -1.59. The van der Waals surface area contributed by atoms with Gasteiger partial charge in [-0.05, 0) is 12.1 Å². The molecule has 0 spiro atoms. The molecule has 1 aromatic carbocycles. The molecule has 1 saturated heterocycles. The van der Waals surface area contributed by atoms with Crippen LogP contribution in [0.2, 0.25) is 0 Å². The molecule has 5 nitrogen and oxygen atoms in total. The van der Waals surface area contributed by atoms with Crippen molar-refractivity contribution in [2.24, 2.45) is 0 Å². The number of hydrogen-bond donors (Lipinski definition) is 2. The van der Waals surface area contributed by atoms with E-state index < -0.39 is 22.0 Å². The van der Waals surface area contributed by atoms with E-state index in [4.69, 9.17) is 4.74 Å². The molecule has 1 aliphatic heterocycles. The smallest absolute Gasteiger partial charge is 0.155 e. The highest BCUT2D eigenvalue weighted by atomic mass is 79.9. The van der Waals surface area contributed by atoms with Crippen molar-refractivity contribution in [3.05, 3.63) is 22.7 Å². The summed E-state index contributed by atoms with van der Waals surface area (Å²) in [6, 6.07) is 4.88. The van der Waals surface area contributed by atoms with E-state index in [0.717, 1.165) is 4.47 Å². The Morgan fingerprint density at radius 3 is 2.67 bits per heavy atom. The Balaban J connectivity index is 2.17. The molecule has 2 N–H and O–H groups in total. The number of ether oxygens (including phenoxy) is 1. The number of anilines is 1. The molecule has 0 amide bonds. The number of hydrogen-bond acceptors (Lipinski definition) is 5. The zero-order valence-corrected chi connectivity index (χ0v) is 12.2. The van der Waals surface area contributed by atoms with Crippen LogP contribution in [0.15, 0.2) is 22.7 Å². The van der Waals surface area contributed by atoms with Crippen LogP contribution in [-0.4, -0.2) is 44.3 Å². The Bertz CT molecular complexity index is 546. The first-order chi connectivity index (χ1) is 8.39. The fraction of sp³-hybridized carbons (Fsp3) is 0.455. The highest BCUT2D eigenvalue weighted by Gasteiger charge is 2.36. The van der Waals surface area contributed by atoms with Gasteiger partial charge in [0, 0.05) is 16.2 Å². The van der Waals surface area contributed by atoms with Gasteiger partial charge in [0.1, 0.15) is 5.75 Å². The normalized spacial score (nSPS) is 25.9. The van der Waals surface area contributed by atoms with Gasteiger partial charge in [-0.25, -0.2) is 8.42 Å². The summed E-state index contributed by atoms with van der Waals surface area (Å²) in [6.45, 7) is 0. The van der Waals surface area contributed by atoms with Gasteiger partial charge in [-0.1, -0.05) is 15.9 Å². The largest absolute Gasteiger partial charge is 0.497 e. The maximum atomic E-state index is 11.4. The van der Waals surface area contributed by atoms with Crippen LogP contribution in [0.4, 0.5) is 5.69 Å². The van der Waals surface area contributed by atoms with Crippen LogP contribution in [0.5, 0.6) is 5.75 Å². The topological polar surface area (TPSA) is 75.6 Å². The number of rotatable bonds is 3. The third kappa shape index (κ3) is 3.15. The molecule has 2 atom stereocenters. The summed E-state index contributed by atoms with van der Waals surface area (Å²) in [5.41, 5.74) is 0.711. The molecule has 100 valence electrons. The SMILES string of the molecule is COc1cc(Br)cc(NC2CS(=O)(=O)CC2O)c1. The van der Waals surface area contributed by atoms with E-state index in [1.807, 2.05) is 0 Å². The molecule has 2 rings (SSSR count). The van der Waals surface area contributed by atoms with Crippen molar-refractivity contribution in [2.75, 3.05) is 23.9 Å². The van der Waals surface area contributed by atoms with Gasteiger partial charge < -0.3 is 15.2 Å². The highest BCUT2D eigenvalue weighted by Crippen LogP contribution is 2.26. The fourth-order valence-corrected chi connectivity index (χ4v) is 4.16. The number of aliphatic hydroxyl groups is 1. The van der Waals surface area contributed by atoms with Crippen molar-refractivity contribution in [3.8, 4) is 5.75 Å². The van der Waals surface area contributed by atoms with Gasteiger partial charge >= 0.3 is 0 Å². The first-order valence-corrected chi connectivity index (χ1v) is 8.01. The molecule has 2 unspecified atom stereocenters. The van der Waals surface area contributed by atoms with Crippen molar-refractivity contribution < 1.29 is 18.3 Å². The summed E-state index contributed by atoms with van der Waals surface area (Å²) in [6.07, 6.45) is -0.875. The number of halogens is 1. The first kappa shape index (κ1) is 13.6. The average molecular weight is 336 g/mol. The number of aliphatic hydroxyl groups excluding tert-OH is 1. The van der Waals surface area contributed by atoms with E-state index >= 15 is 0 Å². The van der Waals surface area contributed by atoms with Gasteiger partial charge in [-0.15, -0.1) is 0 Å². The molecular formula is C11H14BrNO4S. The Morgan fingerprint density at radius 2 is 2.11 bits per heavy atom. The van der Waals surface area contributed by atoms with Crippen LogP contribution in [0.1, 0.15) is 0 Å². The third-order valence-electron chi connectivity index (χ3n) is 2.78. The van der Waals surface area contributed by atoms with E-state index in [1.54, 1.807) is 25.3 Å². The molecule has 0 saturated carbocycles. The molecule has 0 aliphatic carbocycles. The number of nitrogens with one attached hydrogen (secondary N) is 1. The minimum absolute atomic E-state index is 0.0526. The van der Waals surface area contributed by atoms with Gasteiger partial charge in [-0.3, -0.25) is 0 Å². The summed E-state index contributed by atoms with van der Waals surface area (Å²) < 4.78 is 28.7. The van der Waals surface area contributed by atoms with Gasteiger partial charge in [0.15, 0.2) is 9.84 Å². The molecule has 0 radical (unpaired) electrons.